The Hall–Kier alpha value is -2.28. The fourth-order valence-corrected chi connectivity index (χ4v) is 1.30. The van der Waals surface area contributed by atoms with Gasteiger partial charge in [-0.2, -0.15) is 5.26 Å². The average molecular weight is 217 g/mol. The Bertz CT molecular complexity index is 458. The molecule has 0 spiro atoms. The molecule has 0 fully saturated rings. The lowest BCUT2D eigenvalue weighted by atomic mass is 10.1. The summed E-state index contributed by atoms with van der Waals surface area (Å²) in [7, 11) is 2.77. The molecule has 0 radical (unpaired) electrons. The van der Waals surface area contributed by atoms with E-state index in [1.165, 1.54) is 26.4 Å². The average Bonchev–Trinajstić information content (AvgIpc) is 2.34. The monoisotopic (exact) mass is 217 g/mol. The SMILES string of the molecule is COC(=O)c1c(C=CC#N)cccc1OC. The fraction of sp³-hybridized carbons (Fsp3) is 0.167. The number of nitrogens with zero attached hydrogens (tertiary/aromatic N) is 1. The van der Waals surface area contributed by atoms with Crippen molar-refractivity contribution in [2.24, 2.45) is 0 Å². The van der Waals surface area contributed by atoms with Crippen molar-refractivity contribution in [3.05, 3.63) is 35.4 Å². The van der Waals surface area contributed by atoms with E-state index in [-0.39, 0.29) is 0 Å². The maximum absolute atomic E-state index is 11.6. The number of methoxy groups -OCH3 is 2. The van der Waals surface area contributed by atoms with Crippen molar-refractivity contribution in [3.8, 4) is 11.8 Å². The summed E-state index contributed by atoms with van der Waals surface area (Å²) in [6, 6.07) is 6.98. The van der Waals surface area contributed by atoms with Crippen molar-refractivity contribution in [1.29, 1.82) is 5.26 Å². The number of esters is 1. The minimum Gasteiger partial charge on any atom is -0.496 e. The molecule has 0 unspecified atom stereocenters. The molecule has 0 aliphatic rings. The van der Waals surface area contributed by atoms with Crippen molar-refractivity contribution in [3.63, 3.8) is 0 Å². The molecule has 4 nitrogen and oxygen atoms in total. The van der Waals surface area contributed by atoms with Crippen LogP contribution in [0.1, 0.15) is 15.9 Å². The first-order chi connectivity index (χ1) is 7.74. The molecule has 0 saturated heterocycles. The highest BCUT2D eigenvalue weighted by molar-refractivity contribution is 5.96. The summed E-state index contributed by atoms with van der Waals surface area (Å²) in [5, 5.41) is 8.46. The van der Waals surface area contributed by atoms with Crippen molar-refractivity contribution in [2.45, 2.75) is 0 Å². The fourth-order valence-electron chi connectivity index (χ4n) is 1.30. The molecule has 0 aromatic heterocycles. The molecule has 1 rings (SSSR count). The van der Waals surface area contributed by atoms with Crippen molar-refractivity contribution < 1.29 is 14.3 Å². The first-order valence-electron chi connectivity index (χ1n) is 4.56. The molecule has 0 aliphatic carbocycles. The van der Waals surface area contributed by atoms with Crippen LogP contribution >= 0.6 is 0 Å². The van der Waals surface area contributed by atoms with Gasteiger partial charge in [-0.05, 0) is 17.7 Å². The van der Waals surface area contributed by atoms with Gasteiger partial charge in [0.05, 0.1) is 20.3 Å². The lowest BCUT2D eigenvalue weighted by Crippen LogP contribution is -2.06. The highest BCUT2D eigenvalue weighted by Crippen LogP contribution is 2.24. The quantitative estimate of drug-likeness (QED) is 0.574. The van der Waals surface area contributed by atoms with E-state index in [0.717, 1.165) is 0 Å². The lowest BCUT2D eigenvalue weighted by Gasteiger charge is -2.09. The standard InChI is InChI=1S/C12H11NO3/c1-15-10-7-3-5-9(6-4-8-13)11(10)12(14)16-2/h3-7H,1-2H3. The normalized spacial score (nSPS) is 9.81. The highest BCUT2D eigenvalue weighted by atomic mass is 16.5. The molecule has 0 saturated carbocycles. The van der Waals surface area contributed by atoms with Gasteiger partial charge in [0.1, 0.15) is 11.3 Å². The van der Waals surface area contributed by atoms with Crippen LogP contribution < -0.4 is 4.74 Å². The summed E-state index contributed by atoms with van der Waals surface area (Å²) in [5.74, 6) is -0.0676. The summed E-state index contributed by atoms with van der Waals surface area (Å²) in [4.78, 5) is 11.6. The van der Waals surface area contributed by atoms with E-state index in [1.807, 2.05) is 6.07 Å². The third kappa shape index (κ3) is 2.39. The molecular formula is C12H11NO3. The number of ether oxygens (including phenoxy) is 2. The number of hydrogen-bond acceptors (Lipinski definition) is 4. The van der Waals surface area contributed by atoms with Crippen LogP contribution in [0.4, 0.5) is 0 Å². The van der Waals surface area contributed by atoms with Crippen LogP contribution in [0.2, 0.25) is 0 Å². The summed E-state index contributed by atoms with van der Waals surface area (Å²) in [6.45, 7) is 0. The van der Waals surface area contributed by atoms with E-state index >= 15 is 0 Å². The van der Waals surface area contributed by atoms with Crippen molar-refractivity contribution >= 4 is 12.0 Å². The molecule has 0 N–H and O–H groups in total. The maximum atomic E-state index is 11.6. The first kappa shape index (κ1) is 11.8. The highest BCUT2D eigenvalue weighted by Gasteiger charge is 2.15. The molecule has 16 heavy (non-hydrogen) atoms. The predicted molar refractivity (Wildman–Crippen MR) is 59.0 cm³/mol. The zero-order chi connectivity index (χ0) is 12.0. The topological polar surface area (TPSA) is 59.3 Å². The number of carbonyl (C=O) groups excluding carboxylic acids is 1. The Morgan fingerprint density at radius 2 is 2.19 bits per heavy atom. The molecule has 0 amide bonds. The van der Waals surface area contributed by atoms with Gasteiger partial charge in [0.15, 0.2) is 0 Å². The van der Waals surface area contributed by atoms with Crippen LogP contribution in [-0.2, 0) is 4.74 Å². The zero-order valence-electron chi connectivity index (χ0n) is 9.06. The van der Waals surface area contributed by atoms with Gasteiger partial charge in [0.25, 0.3) is 0 Å². The second-order valence-corrected chi connectivity index (χ2v) is 2.88. The van der Waals surface area contributed by atoms with E-state index in [0.29, 0.717) is 16.9 Å². The molecular weight excluding hydrogens is 206 g/mol. The molecule has 4 heteroatoms. The van der Waals surface area contributed by atoms with Crippen molar-refractivity contribution in [1.82, 2.24) is 0 Å². The largest absolute Gasteiger partial charge is 0.496 e. The minimum absolute atomic E-state index is 0.319. The van der Waals surface area contributed by atoms with Gasteiger partial charge in [0, 0.05) is 6.08 Å². The number of rotatable bonds is 3. The molecule has 1 aromatic rings. The summed E-state index contributed by atoms with van der Waals surface area (Å²) >= 11 is 0. The summed E-state index contributed by atoms with van der Waals surface area (Å²) < 4.78 is 9.73. The van der Waals surface area contributed by atoms with E-state index in [2.05, 4.69) is 4.74 Å². The molecule has 1 aromatic carbocycles. The number of carbonyl (C=O) groups is 1. The van der Waals surface area contributed by atoms with Crippen LogP contribution in [0, 0.1) is 11.3 Å². The molecule has 0 bridgehead atoms. The summed E-state index contributed by atoms with van der Waals surface area (Å²) in [6.07, 6.45) is 2.83. The molecule has 0 heterocycles. The maximum Gasteiger partial charge on any atom is 0.342 e. The van der Waals surface area contributed by atoms with Gasteiger partial charge in [-0.15, -0.1) is 0 Å². The smallest absolute Gasteiger partial charge is 0.342 e. The second-order valence-electron chi connectivity index (χ2n) is 2.88. The third-order valence-corrected chi connectivity index (χ3v) is 2.01. The van der Waals surface area contributed by atoms with Gasteiger partial charge in [-0.1, -0.05) is 12.1 Å². The van der Waals surface area contributed by atoms with Crippen LogP contribution in [0.25, 0.3) is 6.08 Å². The number of benzene rings is 1. The second kappa shape index (κ2) is 5.56. The first-order valence-corrected chi connectivity index (χ1v) is 4.56. The Morgan fingerprint density at radius 3 is 2.75 bits per heavy atom. The van der Waals surface area contributed by atoms with Crippen molar-refractivity contribution in [2.75, 3.05) is 14.2 Å². The van der Waals surface area contributed by atoms with E-state index in [4.69, 9.17) is 10.00 Å². The zero-order valence-corrected chi connectivity index (χ0v) is 9.06. The summed E-state index contributed by atoms with van der Waals surface area (Å²) in [5.41, 5.74) is 0.909. The van der Waals surface area contributed by atoms with E-state index in [9.17, 15) is 4.79 Å². The Kier molecular flexibility index (Phi) is 4.10. The molecule has 0 aliphatic heterocycles. The van der Waals surface area contributed by atoms with Crippen LogP contribution in [-0.4, -0.2) is 20.2 Å². The minimum atomic E-state index is -0.491. The molecule has 0 atom stereocenters. The van der Waals surface area contributed by atoms with Crippen LogP contribution in [0.5, 0.6) is 5.75 Å². The van der Waals surface area contributed by atoms with Gasteiger partial charge in [-0.25, -0.2) is 4.79 Å². The Morgan fingerprint density at radius 1 is 1.44 bits per heavy atom. The van der Waals surface area contributed by atoms with E-state index in [1.54, 1.807) is 18.2 Å². The van der Waals surface area contributed by atoms with Gasteiger partial charge < -0.3 is 9.47 Å². The Labute approximate surface area is 93.7 Å². The van der Waals surface area contributed by atoms with Gasteiger partial charge in [0.2, 0.25) is 0 Å². The lowest BCUT2D eigenvalue weighted by molar-refractivity contribution is 0.0597. The van der Waals surface area contributed by atoms with Gasteiger partial charge in [-0.3, -0.25) is 0 Å². The number of nitriles is 1. The molecule has 82 valence electrons. The number of allylic oxidation sites excluding steroid dienone is 1. The number of hydrogen-bond donors (Lipinski definition) is 0. The third-order valence-electron chi connectivity index (χ3n) is 2.01. The predicted octanol–water partition coefficient (Wildman–Crippen LogP) is 2.02. The van der Waals surface area contributed by atoms with Gasteiger partial charge >= 0.3 is 5.97 Å². The van der Waals surface area contributed by atoms with Crippen LogP contribution in [0.15, 0.2) is 24.3 Å². The van der Waals surface area contributed by atoms with E-state index < -0.39 is 5.97 Å². The Balaban J connectivity index is 3.32. The van der Waals surface area contributed by atoms with Crippen LogP contribution in [0.3, 0.4) is 0 Å².